The Bertz CT molecular complexity index is 1150. The van der Waals surface area contributed by atoms with Crippen LogP contribution >= 0.6 is 0 Å². The third-order valence-corrected chi connectivity index (χ3v) is 8.32. The molecule has 0 unspecified atom stereocenters. The van der Waals surface area contributed by atoms with Crippen LogP contribution in [0.3, 0.4) is 0 Å². The van der Waals surface area contributed by atoms with Crippen molar-refractivity contribution < 1.29 is 9.53 Å². The Labute approximate surface area is 213 Å². The summed E-state index contributed by atoms with van der Waals surface area (Å²) in [5.41, 5.74) is 5.41. The molecule has 0 atom stereocenters. The number of hydrogen-bond donors (Lipinski definition) is 1. The SMILES string of the molecule is C=CC(=O)N1CC(N2CCC(c3cc4c(c(C)n3)OCc3c(N5CCCCC5)ccnc3N4)CC2)C1. The standard InChI is InChI=1S/C28H36N6O2/c1-3-26(35)34-16-21(17-34)32-13-8-20(9-14-32)23-15-24-27(19(2)30-23)36-18-22-25(7-10-29-28(22)31-24)33-11-5-4-6-12-33/h3,7,10,15,20-21H,1,4-6,8-9,11-14,16-18H2,2H3,(H,29,31). The fraction of sp³-hybridized carbons (Fsp3) is 0.536. The molecule has 6 heterocycles. The summed E-state index contributed by atoms with van der Waals surface area (Å²) in [4.78, 5) is 28.3. The molecule has 2 aromatic rings. The lowest BCUT2D eigenvalue weighted by molar-refractivity contribution is -0.133. The maximum atomic E-state index is 11.8. The van der Waals surface area contributed by atoms with E-state index >= 15 is 0 Å². The third kappa shape index (κ3) is 4.32. The smallest absolute Gasteiger partial charge is 0.246 e. The van der Waals surface area contributed by atoms with Gasteiger partial charge in [0.25, 0.3) is 0 Å². The van der Waals surface area contributed by atoms with Crippen molar-refractivity contribution in [3.63, 3.8) is 0 Å². The third-order valence-electron chi connectivity index (χ3n) is 8.32. The van der Waals surface area contributed by atoms with Gasteiger partial charge in [-0.1, -0.05) is 6.58 Å². The summed E-state index contributed by atoms with van der Waals surface area (Å²) < 4.78 is 6.35. The van der Waals surface area contributed by atoms with Crippen LogP contribution < -0.4 is 15.0 Å². The van der Waals surface area contributed by atoms with Crippen LogP contribution in [0.15, 0.2) is 31.0 Å². The summed E-state index contributed by atoms with van der Waals surface area (Å²) in [5, 5.41) is 3.61. The molecule has 8 heteroatoms. The van der Waals surface area contributed by atoms with E-state index in [0.29, 0.717) is 18.6 Å². The molecule has 190 valence electrons. The first-order valence-electron chi connectivity index (χ1n) is 13.4. The van der Waals surface area contributed by atoms with Gasteiger partial charge in [0.1, 0.15) is 12.4 Å². The number of aromatic nitrogens is 2. The lowest BCUT2D eigenvalue weighted by Crippen LogP contribution is -2.61. The molecular formula is C28H36N6O2. The van der Waals surface area contributed by atoms with E-state index in [0.717, 1.165) is 86.3 Å². The molecule has 0 aliphatic carbocycles. The Morgan fingerprint density at radius 2 is 1.94 bits per heavy atom. The number of carbonyl (C=O) groups excluding carboxylic acids is 1. The van der Waals surface area contributed by atoms with Crippen LogP contribution in [-0.2, 0) is 11.4 Å². The van der Waals surface area contributed by atoms with Crippen LogP contribution in [0.5, 0.6) is 5.75 Å². The van der Waals surface area contributed by atoms with Crippen molar-refractivity contribution in [2.75, 3.05) is 49.5 Å². The maximum absolute atomic E-state index is 11.8. The number of nitrogens with one attached hydrogen (secondary N) is 1. The van der Waals surface area contributed by atoms with Crippen LogP contribution in [0.25, 0.3) is 0 Å². The van der Waals surface area contributed by atoms with Crippen LogP contribution in [0.1, 0.15) is 55.0 Å². The molecule has 0 aromatic carbocycles. The fourth-order valence-corrected chi connectivity index (χ4v) is 6.16. The van der Waals surface area contributed by atoms with Gasteiger partial charge in [0.2, 0.25) is 5.91 Å². The zero-order valence-electron chi connectivity index (χ0n) is 21.2. The van der Waals surface area contributed by atoms with Gasteiger partial charge in [0.05, 0.1) is 16.9 Å². The number of carbonyl (C=O) groups is 1. The molecule has 8 nitrogen and oxygen atoms in total. The average molecular weight is 489 g/mol. The highest BCUT2D eigenvalue weighted by Crippen LogP contribution is 2.41. The van der Waals surface area contributed by atoms with Crippen molar-refractivity contribution in [1.29, 1.82) is 0 Å². The van der Waals surface area contributed by atoms with E-state index in [1.807, 2.05) is 18.0 Å². The molecular weight excluding hydrogens is 452 g/mol. The van der Waals surface area contributed by atoms with Crippen molar-refractivity contribution >= 4 is 23.1 Å². The van der Waals surface area contributed by atoms with Gasteiger partial charge in [-0.05, 0) is 70.3 Å². The number of anilines is 3. The minimum absolute atomic E-state index is 0.0413. The number of likely N-dealkylation sites (tertiary alicyclic amines) is 2. The first-order valence-corrected chi connectivity index (χ1v) is 13.4. The molecule has 0 spiro atoms. The molecule has 1 N–H and O–H groups in total. The molecule has 3 saturated heterocycles. The molecule has 0 bridgehead atoms. The second kappa shape index (κ2) is 9.73. The number of fused-ring (bicyclic) bond motifs is 2. The highest BCUT2D eigenvalue weighted by molar-refractivity contribution is 5.87. The molecule has 6 rings (SSSR count). The minimum Gasteiger partial charge on any atom is -0.485 e. The Hall–Kier alpha value is -3.13. The van der Waals surface area contributed by atoms with Crippen LogP contribution in [-0.4, -0.2) is 71.0 Å². The second-order valence-corrected chi connectivity index (χ2v) is 10.5. The Morgan fingerprint density at radius 1 is 1.17 bits per heavy atom. The minimum atomic E-state index is 0.0413. The average Bonchev–Trinajstić information content (AvgIpc) is 3.08. The molecule has 3 fully saturated rings. The summed E-state index contributed by atoms with van der Waals surface area (Å²) in [6.07, 6.45) is 9.26. The molecule has 4 aliphatic rings. The maximum Gasteiger partial charge on any atom is 0.246 e. The lowest BCUT2D eigenvalue weighted by Gasteiger charge is -2.47. The van der Waals surface area contributed by atoms with E-state index in [4.69, 9.17) is 14.7 Å². The highest BCUT2D eigenvalue weighted by atomic mass is 16.5. The van der Waals surface area contributed by atoms with Crippen molar-refractivity contribution in [1.82, 2.24) is 19.8 Å². The van der Waals surface area contributed by atoms with Gasteiger partial charge < -0.3 is 19.9 Å². The van der Waals surface area contributed by atoms with Gasteiger partial charge in [-0.3, -0.25) is 14.7 Å². The number of aryl methyl sites for hydroxylation is 1. The van der Waals surface area contributed by atoms with E-state index in [9.17, 15) is 4.79 Å². The van der Waals surface area contributed by atoms with Gasteiger partial charge in [-0.25, -0.2) is 4.98 Å². The van der Waals surface area contributed by atoms with Crippen molar-refractivity contribution in [3.05, 3.63) is 47.9 Å². The number of nitrogens with zero attached hydrogens (tertiary/aromatic N) is 5. The number of ether oxygens (including phenoxy) is 1. The monoisotopic (exact) mass is 488 g/mol. The predicted molar refractivity (Wildman–Crippen MR) is 141 cm³/mol. The van der Waals surface area contributed by atoms with E-state index in [2.05, 4.69) is 33.8 Å². The van der Waals surface area contributed by atoms with Crippen molar-refractivity contribution in [3.8, 4) is 5.75 Å². The first kappa shape index (κ1) is 23.3. The topological polar surface area (TPSA) is 73.8 Å². The van der Waals surface area contributed by atoms with E-state index < -0.39 is 0 Å². The number of piperidine rings is 2. The number of pyridine rings is 2. The first-order chi connectivity index (χ1) is 17.6. The molecule has 36 heavy (non-hydrogen) atoms. The van der Waals surface area contributed by atoms with E-state index in [1.54, 1.807) is 0 Å². The molecule has 2 aromatic heterocycles. The molecule has 0 radical (unpaired) electrons. The fourth-order valence-electron chi connectivity index (χ4n) is 6.16. The van der Waals surface area contributed by atoms with Crippen LogP contribution in [0.4, 0.5) is 17.2 Å². The van der Waals surface area contributed by atoms with Gasteiger partial charge in [0.15, 0.2) is 5.75 Å². The Morgan fingerprint density at radius 3 is 2.69 bits per heavy atom. The summed E-state index contributed by atoms with van der Waals surface area (Å²) in [5.74, 6) is 2.19. The number of rotatable bonds is 4. The zero-order chi connectivity index (χ0) is 24.6. The summed E-state index contributed by atoms with van der Waals surface area (Å²) in [6.45, 7) is 12.0. The number of amides is 1. The highest BCUT2D eigenvalue weighted by Gasteiger charge is 2.36. The quantitative estimate of drug-likeness (QED) is 0.653. The van der Waals surface area contributed by atoms with E-state index in [1.165, 1.54) is 31.0 Å². The lowest BCUT2D eigenvalue weighted by atomic mass is 9.90. The summed E-state index contributed by atoms with van der Waals surface area (Å²) in [7, 11) is 0. The summed E-state index contributed by atoms with van der Waals surface area (Å²) in [6, 6.07) is 4.79. The van der Waals surface area contributed by atoms with Gasteiger partial charge in [0, 0.05) is 55.7 Å². The van der Waals surface area contributed by atoms with Crippen LogP contribution in [0.2, 0.25) is 0 Å². The van der Waals surface area contributed by atoms with Gasteiger partial charge >= 0.3 is 0 Å². The molecule has 0 saturated carbocycles. The molecule has 4 aliphatic heterocycles. The number of hydrogen-bond acceptors (Lipinski definition) is 7. The van der Waals surface area contributed by atoms with Crippen molar-refractivity contribution in [2.45, 2.75) is 57.6 Å². The van der Waals surface area contributed by atoms with E-state index in [-0.39, 0.29) is 5.91 Å². The molecule has 1 amide bonds. The zero-order valence-corrected chi connectivity index (χ0v) is 21.2. The normalized spacial score (nSPS) is 20.9. The van der Waals surface area contributed by atoms with Crippen LogP contribution in [0, 0.1) is 6.92 Å². The van der Waals surface area contributed by atoms with Gasteiger partial charge in [-0.15, -0.1) is 0 Å². The largest absolute Gasteiger partial charge is 0.485 e. The van der Waals surface area contributed by atoms with Crippen molar-refractivity contribution in [2.24, 2.45) is 0 Å². The second-order valence-electron chi connectivity index (χ2n) is 10.5. The predicted octanol–water partition coefficient (Wildman–Crippen LogP) is 3.99. The van der Waals surface area contributed by atoms with Gasteiger partial charge in [-0.2, -0.15) is 0 Å². The Kier molecular flexibility index (Phi) is 6.29. The summed E-state index contributed by atoms with van der Waals surface area (Å²) >= 11 is 0. The Balaban J connectivity index is 1.16.